The highest BCUT2D eigenvalue weighted by molar-refractivity contribution is 9.09. The van der Waals surface area contributed by atoms with Gasteiger partial charge in [-0.1, -0.05) is 43.6 Å². The number of hydrogen-bond acceptors (Lipinski definition) is 1. The molecule has 0 N–H and O–H groups in total. The zero-order valence-electron chi connectivity index (χ0n) is 11.3. The summed E-state index contributed by atoms with van der Waals surface area (Å²) in [5, 5.41) is 0. The van der Waals surface area contributed by atoms with Gasteiger partial charge in [0.05, 0.1) is 0 Å². The first-order valence-corrected chi connectivity index (χ1v) is 7.88. The molecule has 1 nitrogen and oxygen atoms in total. The quantitative estimate of drug-likeness (QED) is 0.613. The lowest BCUT2D eigenvalue weighted by molar-refractivity contribution is -0.191. The van der Waals surface area contributed by atoms with Crippen LogP contribution in [0, 0.1) is 28.1 Å². The van der Waals surface area contributed by atoms with Crippen LogP contribution in [-0.4, -0.2) is 10.6 Å². The third-order valence-electron chi connectivity index (χ3n) is 7.19. The summed E-state index contributed by atoms with van der Waals surface area (Å²) in [6, 6.07) is 0. The van der Waals surface area contributed by atoms with Gasteiger partial charge in [-0.05, 0) is 41.4 Å². The van der Waals surface area contributed by atoms with Gasteiger partial charge in [-0.15, -0.1) is 0 Å². The Balaban J connectivity index is 2.17. The van der Waals surface area contributed by atoms with Gasteiger partial charge in [-0.3, -0.25) is 4.79 Å². The van der Waals surface area contributed by atoms with Crippen molar-refractivity contribution in [2.75, 3.05) is 0 Å². The lowest BCUT2D eigenvalue weighted by Crippen LogP contribution is -2.63. The van der Waals surface area contributed by atoms with Crippen LogP contribution in [0.1, 0.15) is 53.4 Å². The molecule has 3 aliphatic carbocycles. The van der Waals surface area contributed by atoms with E-state index in [1.54, 1.807) is 0 Å². The Morgan fingerprint density at radius 3 is 2.35 bits per heavy atom. The van der Waals surface area contributed by atoms with Crippen LogP contribution in [0.5, 0.6) is 0 Å². The Morgan fingerprint density at radius 1 is 1.18 bits per heavy atom. The van der Waals surface area contributed by atoms with Crippen molar-refractivity contribution in [2.24, 2.45) is 28.1 Å². The van der Waals surface area contributed by atoms with Crippen molar-refractivity contribution in [3.8, 4) is 0 Å². The van der Waals surface area contributed by atoms with E-state index in [0.717, 1.165) is 6.42 Å². The number of alkyl halides is 1. The van der Waals surface area contributed by atoms with Crippen molar-refractivity contribution >= 4 is 21.7 Å². The van der Waals surface area contributed by atoms with Gasteiger partial charge in [-0.2, -0.15) is 0 Å². The summed E-state index contributed by atoms with van der Waals surface area (Å²) >= 11 is 3.94. The van der Waals surface area contributed by atoms with Gasteiger partial charge in [0.1, 0.15) is 5.78 Å². The first-order valence-electron chi connectivity index (χ1n) is 6.96. The van der Waals surface area contributed by atoms with E-state index in [9.17, 15) is 4.79 Å². The molecule has 3 rings (SSSR count). The SMILES string of the molecule is C[C@H]1C(=O)C[C@H](C)[C@@]2(C)C[C@H](Br)[C@]3(C)CC[C@@]132. The Bertz CT molecular complexity index is 392. The summed E-state index contributed by atoms with van der Waals surface area (Å²) < 4.78 is 0. The van der Waals surface area contributed by atoms with Gasteiger partial charge >= 0.3 is 0 Å². The van der Waals surface area contributed by atoms with Gasteiger partial charge in [0.25, 0.3) is 0 Å². The molecule has 0 radical (unpaired) electrons. The highest BCUT2D eigenvalue weighted by Gasteiger charge is 2.76. The summed E-state index contributed by atoms with van der Waals surface area (Å²) in [6.45, 7) is 9.38. The molecule has 17 heavy (non-hydrogen) atoms. The average molecular weight is 299 g/mol. The second-order valence-electron chi connectivity index (χ2n) is 7.27. The van der Waals surface area contributed by atoms with Crippen molar-refractivity contribution in [1.29, 1.82) is 0 Å². The van der Waals surface area contributed by atoms with Crippen molar-refractivity contribution in [2.45, 2.75) is 58.2 Å². The number of rotatable bonds is 0. The Morgan fingerprint density at radius 2 is 1.82 bits per heavy atom. The fourth-order valence-electron chi connectivity index (χ4n) is 5.77. The molecule has 0 aromatic heterocycles. The molecule has 0 bridgehead atoms. The fourth-order valence-corrected chi connectivity index (χ4v) is 7.08. The summed E-state index contributed by atoms with van der Waals surface area (Å²) in [5.74, 6) is 1.33. The van der Waals surface area contributed by atoms with Crippen LogP contribution in [-0.2, 0) is 4.79 Å². The summed E-state index contributed by atoms with van der Waals surface area (Å²) in [6.07, 6.45) is 4.61. The Labute approximate surface area is 113 Å². The maximum Gasteiger partial charge on any atom is 0.136 e. The average Bonchev–Trinajstić information content (AvgIpc) is 2.34. The van der Waals surface area contributed by atoms with Crippen LogP contribution in [0.4, 0.5) is 0 Å². The maximum absolute atomic E-state index is 12.3. The second kappa shape index (κ2) is 3.18. The smallest absolute Gasteiger partial charge is 0.136 e. The number of ketones is 1. The second-order valence-corrected chi connectivity index (χ2v) is 8.38. The van der Waals surface area contributed by atoms with E-state index in [1.165, 1.54) is 19.3 Å². The molecule has 2 heteroatoms. The molecular weight excluding hydrogens is 276 g/mol. The van der Waals surface area contributed by atoms with Crippen LogP contribution in [0.25, 0.3) is 0 Å². The first kappa shape index (κ1) is 12.2. The normalized spacial score (nSPS) is 61.7. The minimum atomic E-state index is 0.269. The largest absolute Gasteiger partial charge is 0.299 e. The van der Waals surface area contributed by atoms with E-state index in [-0.39, 0.29) is 11.3 Å². The molecular formula is C15H23BrO. The van der Waals surface area contributed by atoms with Crippen LogP contribution >= 0.6 is 15.9 Å². The first-order chi connectivity index (χ1) is 7.79. The number of carbonyl (C=O) groups is 1. The van der Waals surface area contributed by atoms with Crippen LogP contribution in [0.15, 0.2) is 0 Å². The number of halogens is 1. The summed E-state index contributed by atoms with van der Waals surface area (Å²) in [5.41, 5.74) is 0.996. The molecule has 0 aromatic carbocycles. The molecule has 3 saturated carbocycles. The third kappa shape index (κ3) is 1.03. The van der Waals surface area contributed by atoms with E-state index in [2.05, 4.69) is 43.6 Å². The molecule has 0 unspecified atom stereocenters. The molecule has 0 aromatic rings. The summed E-state index contributed by atoms with van der Waals surface area (Å²) in [7, 11) is 0. The minimum absolute atomic E-state index is 0.269. The zero-order chi connectivity index (χ0) is 12.6. The van der Waals surface area contributed by atoms with Crippen LogP contribution in [0.2, 0.25) is 0 Å². The Kier molecular flexibility index (Phi) is 2.28. The molecule has 0 heterocycles. The van der Waals surface area contributed by atoms with E-state index in [1.807, 2.05) is 0 Å². The molecule has 0 saturated heterocycles. The minimum Gasteiger partial charge on any atom is -0.299 e. The van der Waals surface area contributed by atoms with Gasteiger partial charge < -0.3 is 0 Å². The molecule has 96 valence electrons. The fraction of sp³-hybridized carbons (Fsp3) is 0.933. The predicted molar refractivity (Wildman–Crippen MR) is 73.2 cm³/mol. The van der Waals surface area contributed by atoms with Gasteiger partial charge in [-0.25, -0.2) is 0 Å². The van der Waals surface area contributed by atoms with Gasteiger partial charge in [0.2, 0.25) is 0 Å². The zero-order valence-corrected chi connectivity index (χ0v) is 12.9. The monoisotopic (exact) mass is 298 g/mol. The van der Waals surface area contributed by atoms with Crippen molar-refractivity contribution in [3.05, 3.63) is 0 Å². The summed E-state index contributed by atoms with van der Waals surface area (Å²) in [4.78, 5) is 12.9. The van der Waals surface area contributed by atoms with Gasteiger partial charge in [0, 0.05) is 17.2 Å². The van der Waals surface area contributed by atoms with Crippen molar-refractivity contribution < 1.29 is 4.79 Å². The molecule has 6 atom stereocenters. The standard InChI is InChI=1S/C15H23BrO/c1-9-7-11(17)10(2)15-6-5-13(15,3)12(16)8-14(9,15)4/h9-10,12H,5-8H2,1-4H3/t9-,10-,12-,13-,14+,15+/m0/s1. The predicted octanol–water partition coefficient (Wildman–Crippen LogP) is 4.19. The number of carbonyl (C=O) groups excluding carboxylic acids is 1. The van der Waals surface area contributed by atoms with E-state index in [4.69, 9.17) is 0 Å². The van der Waals surface area contributed by atoms with Crippen LogP contribution < -0.4 is 0 Å². The van der Waals surface area contributed by atoms with E-state index in [0.29, 0.717) is 27.4 Å². The molecule has 0 aliphatic heterocycles. The van der Waals surface area contributed by atoms with E-state index < -0.39 is 0 Å². The Hall–Kier alpha value is 0.150. The van der Waals surface area contributed by atoms with E-state index >= 15 is 0 Å². The number of hydrogen-bond donors (Lipinski definition) is 0. The van der Waals surface area contributed by atoms with Gasteiger partial charge in [0.15, 0.2) is 0 Å². The lowest BCUT2D eigenvalue weighted by Gasteiger charge is -2.67. The van der Waals surface area contributed by atoms with Crippen molar-refractivity contribution in [1.82, 2.24) is 0 Å². The molecule has 0 amide bonds. The molecule has 3 aliphatic rings. The van der Waals surface area contributed by atoms with Crippen LogP contribution in [0.3, 0.4) is 0 Å². The highest BCUT2D eigenvalue weighted by atomic mass is 79.9. The lowest BCUT2D eigenvalue weighted by atomic mass is 9.37. The molecule has 3 fully saturated rings. The highest BCUT2D eigenvalue weighted by Crippen LogP contribution is 2.80. The maximum atomic E-state index is 12.3. The molecule has 1 spiro atoms. The third-order valence-corrected chi connectivity index (χ3v) is 8.52. The topological polar surface area (TPSA) is 17.1 Å². The number of Topliss-reactive ketones (excluding diaryl/α,β-unsaturated/α-hetero) is 1. The van der Waals surface area contributed by atoms with Crippen molar-refractivity contribution in [3.63, 3.8) is 0 Å².